The smallest absolute Gasteiger partial charge is 0.223 e. The molecule has 1 saturated carbocycles. The number of rotatable bonds is 8. The van der Waals surface area contributed by atoms with Crippen LogP contribution in [0.1, 0.15) is 50.2 Å². The van der Waals surface area contributed by atoms with Crippen molar-refractivity contribution in [3.63, 3.8) is 0 Å². The summed E-state index contributed by atoms with van der Waals surface area (Å²) in [4.78, 5) is 16.4. The number of aryl methyl sites for hydroxylation is 1. The Bertz CT molecular complexity index is 631. The summed E-state index contributed by atoms with van der Waals surface area (Å²) < 4.78 is 5.72. The monoisotopic (exact) mass is 502 g/mol. The molecule has 0 heterocycles. The van der Waals surface area contributed by atoms with Crippen molar-refractivity contribution in [1.29, 1.82) is 0 Å². The molecule has 0 radical (unpaired) electrons. The van der Waals surface area contributed by atoms with Crippen molar-refractivity contribution >= 4 is 35.8 Å². The van der Waals surface area contributed by atoms with E-state index in [2.05, 4.69) is 46.1 Å². The fourth-order valence-electron chi connectivity index (χ4n) is 3.37. The Morgan fingerprint density at radius 3 is 2.54 bits per heavy atom. The molecule has 0 spiro atoms. The maximum absolute atomic E-state index is 12.2. The van der Waals surface area contributed by atoms with Crippen LogP contribution in [-0.2, 0) is 11.3 Å². The Morgan fingerprint density at radius 1 is 1.14 bits per heavy atom. The number of carbonyl (C=O) groups is 1. The zero-order valence-electron chi connectivity index (χ0n) is 17.3. The van der Waals surface area contributed by atoms with Gasteiger partial charge in [0.2, 0.25) is 5.91 Å². The van der Waals surface area contributed by atoms with E-state index < -0.39 is 0 Å². The van der Waals surface area contributed by atoms with Crippen LogP contribution in [0.3, 0.4) is 0 Å². The van der Waals surface area contributed by atoms with Crippen LogP contribution in [0.2, 0.25) is 0 Å². The average molecular weight is 502 g/mol. The van der Waals surface area contributed by atoms with Gasteiger partial charge in [-0.2, -0.15) is 0 Å². The highest BCUT2D eigenvalue weighted by atomic mass is 127. The number of nitrogens with one attached hydrogen (secondary N) is 3. The standard InChI is InChI=1S/C21H34N4O2.HI/c1-4-27-19-14-16(2)10-11-18(19)15-25-21(22-3)24-13-12-23-20(26)17-8-6-5-7-9-17;/h10-11,14,17H,4-9,12-13,15H2,1-3H3,(H,23,26)(H2,22,24,25);1H. The number of ether oxygens (including phenoxy) is 1. The summed E-state index contributed by atoms with van der Waals surface area (Å²) in [6.45, 7) is 6.56. The predicted octanol–water partition coefficient (Wildman–Crippen LogP) is 3.37. The van der Waals surface area contributed by atoms with E-state index in [-0.39, 0.29) is 35.8 Å². The molecule has 6 nitrogen and oxygen atoms in total. The zero-order valence-corrected chi connectivity index (χ0v) is 19.7. The molecule has 28 heavy (non-hydrogen) atoms. The van der Waals surface area contributed by atoms with Gasteiger partial charge in [-0.1, -0.05) is 31.4 Å². The molecule has 7 heteroatoms. The Morgan fingerprint density at radius 2 is 1.86 bits per heavy atom. The molecule has 1 aromatic rings. The molecule has 0 saturated heterocycles. The van der Waals surface area contributed by atoms with E-state index in [4.69, 9.17) is 4.74 Å². The van der Waals surface area contributed by atoms with Crippen molar-refractivity contribution in [1.82, 2.24) is 16.0 Å². The SMILES string of the molecule is CCOc1cc(C)ccc1CNC(=NC)NCCNC(=O)C1CCCCC1.I. The highest BCUT2D eigenvalue weighted by Gasteiger charge is 2.20. The van der Waals surface area contributed by atoms with Crippen LogP contribution >= 0.6 is 24.0 Å². The summed E-state index contributed by atoms with van der Waals surface area (Å²) in [5.74, 6) is 2.01. The summed E-state index contributed by atoms with van der Waals surface area (Å²) in [6.07, 6.45) is 5.67. The first-order chi connectivity index (χ1) is 13.1. The highest BCUT2D eigenvalue weighted by Crippen LogP contribution is 2.23. The van der Waals surface area contributed by atoms with Crippen molar-refractivity contribution in [3.05, 3.63) is 29.3 Å². The Hall–Kier alpha value is -1.51. The number of benzene rings is 1. The van der Waals surface area contributed by atoms with Crippen LogP contribution < -0.4 is 20.7 Å². The normalized spacial score (nSPS) is 14.8. The van der Waals surface area contributed by atoms with Gasteiger partial charge >= 0.3 is 0 Å². The molecule has 0 aromatic heterocycles. The molecule has 0 bridgehead atoms. The molecule has 158 valence electrons. The van der Waals surface area contributed by atoms with Gasteiger partial charge in [0.1, 0.15) is 5.75 Å². The summed E-state index contributed by atoms with van der Waals surface area (Å²) >= 11 is 0. The van der Waals surface area contributed by atoms with Crippen LogP contribution in [0, 0.1) is 12.8 Å². The van der Waals surface area contributed by atoms with Crippen LogP contribution in [0.4, 0.5) is 0 Å². The first-order valence-electron chi connectivity index (χ1n) is 10.1. The van der Waals surface area contributed by atoms with E-state index in [9.17, 15) is 4.79 Å². The quantitative estimate of drug-likeness (QED) is 0.221. The number of carbonyl (C=O) groups excluding carboxylic acids is 1. The van der Waals surface area contributed by atoms with Crippen LogP contribution in [0.15, 0.2) is 23.2 Å². The van der Waals surface area contributed by atoms with Gasteiger partial charge in [-0.25, -0.2) is 0 Å². The van der Waals surface area contributed by atoms with Crippen LogP contribution in [0.25, 0.3) is 0 Å². The first kappa shape index (κ1) is 24.5. The third-order valence-corrected chi connectivity index (χ3v) is 4.89. The average Bonchev–Trinajstić information content (AvgIpc) is 2.69. The maximum Gasteiger partial charge on any atom is 0.223 e. The Labute approximate surface area is 186 Å². The minimum Gasteiger partial charge on any atom is -0.494 e. The van der Waals surface area contributed by atoms with E-state index in [0.717, 1.165) is 24.2 Å². The van der Waals surface area contributed by atoms with Crippen LogP contribution in [0.5, 0.6) is 5.75 Å². The van der Waals surface area contributed by atoms with Gasteiger partial charge in [0.05, 0.1) is 6.61 Å². The molecule has 0 aliphatic heterocycles. The minimum atomic E-state index is 0. The van der Waals surface area contributed by atoms with Gasteiger partial charge < -0.3 is 20.7 Å². The molecule has 1 aliphatic rings. The molecule has 0 atom stereocenters. The van der Waals surface area contributed by atoms with Crippen molar-refractivity contribution in [3.8, 4) is 5.75 Å². The number of guanidine groups is 1. The molecule has 1 aromatic carbocycles. The van der Waals surface area contributed by atoms with Gasteiger partial charge in [0.25, 0.3) is 0 Å². The second kappa shape index (κ2) is 13.6. The molecule has 1 amide bonds. The van der Waals surface area contributed by atoms with Gasteiger partial charge in [-0.15, -0.1) is 24.0 Å². The maximum atomic E-state index is 12.2. The number of hydrogen-bond acceptors (Lipinski definition) is 3. The Balaban J connectivity index is 0.00000392. The largest absolute Gasteiger partial charge is 0.494 e. The lowest BCUT2D eigenvalue weighted by atomic mass is 9.89. The summed E-state index contributed by atoms with van der Waals surface area (Å²) in [7, 11) is 1.74. The van der Waals surface area contributed by atoms with E-state index in [0.29, 0.717) is 32.2 Å². The van der Waals surface area contributed by atoms with Crippen molar-refractivity contribution in [2.45, 2.75) is 52.5 Å². The van der Waals surface area contributed by atoms with E-state index >= 15 is 0 Å². The number of nitrogens with zero attached hydrogens (tertiary/aromatic N) is 1. The molecule has 0 unspecified atom stereocenters. The third kappa shape index (κ3) is 8.24. The summed E-state index contributed by atoms with van der Waals surface area (Å²) in [6, 6.07) is 6.21. The molecular formula is C21H35IN4O2. The van der Waals surface area contributed by atoms with Crippen LogP contribution in [-0.4, -0.2) is 38.6 Å². The second-order valence-electron chi connectivity index (χ2n) is 7.02. The number of amides is 1. The molecule has 2 rings (SSSR count). The number of hydrogen-bond donors (Lipinski definition) is 3. The fraction of sp³-hybridized carbons (Fsp3) is 0.619. The van der Waals surface area contributed by atoms with E-state index in [1.165, 1.54) is 24.8 Å². The van der Waals surface area contributed by atoms with Crippen molar-refractivity contribution in [2.75, 3.05) is 26.7 Å². The van der Waals surface area contributed by atoms with E-state index in [1.54, 1.807) is 7.05 Å². The first-order valence-corrected chi connectivity index (χ1v) is 10.1. The van der Waals surface area contributed by atoms with Crippen molar-refractivity contribution in [2.24, 2.45) is 10.9 Å². The predicted molar refractivity (Wildman–Crippen MR) is 126 cm³/mol. The molecule has 1 aliphatic carbocycles. The number of aliphatic imine (C=N–C) groups is 1. The fourth-order valence-corrected chi connectivity index (χ4v) is 3.37. The molecule has 3 N–H and O–H groups in total. The number of halogens is 1. The minimum absolute atomic E-state index is 0. The van der Waals surface area contributed by atoms with Gasteiger partial charge in [0.15, 0.2) is 5.96 Å². The van der Waals surface area contributed by atoms with Crippen molar-refractivity contribution < 1.29 is 9.53 Å². The van der Waals surface area contributed by atoms with Gasteiger partial charge in [0, 0.05) is 38.2 Å². The second-order valence-corrected chi connectivity index (χ2v) is 7.02. The van der Waals surface area contributed by atoms with Gasteiger partial charge in [-0.3, -0.25) is 9.79 Å². The lowest BCUT2D eigenvalue weighted by Crippen LogP contribution is -2.42. The lowest BCUT2D eigenvalue weighted by molar-refractivity contribution is -0.125. The topological polar surface area (TPSA) is 74.8 Å². The highest BCUT2D eigenvalue weighted by molar-refractivity contribution is 14.0. The molecule has 1 fully saturated rings. The zero-order chi connectivity index (χ0) is 19.5. The lowest BCUT2D eigenvalue weighted by Gasteiger charge is -2.21. The summed E-state index contributed by atoms with van der Waals surface area (Å²) in [5.41, 5.74) is 2.27. The van der Waals surface area contributed by atoms with E-state index in [1.807, 2.05) is 6.92 Å². The third-order valence-electron chi connectivity index (χ3n) is 4.89. The Kier molecular flexibility index (Phi) is 11.9. The molecular weight excluding hydrogens is 467 g/mol. The van der Waals surface area contributed by atoms with Gasteiger partial charge in [-0.05, 0) is 38.3 Å². The summed E-state index contributed by atoms with van der Waals surface area (Å²) in [5, 5.41) is 9.58.